The maximum atomic E-state index is 11.6. The molecule has 14 heavy (non-hydrogen) atoms. The molecule has 0 saturated carbocycles. The van der Waals surface area contributed by atoms with Gasteiger partial charge in [-0.3, -0.25) is 9.59 Å². The summed E-state index contributed by atoms with van der Waals surface area (Å²) in [7, 11) is 0. The van der Waals surface area contributed by atoms with E-state index >= 15 is 0 Å². The Hall–Kier alpha value is -1.32. The number of carboxylic acids is 1. The van der Waals surface area contributed by atoms with Gasteiger partial charge in [-0.25, -0.2) is 0 Å². The molecule has 78 valence electrons. The Bertz CT molecular complexity index is 303. The van der Waals surface area contributed by atoms with Gasteiger partial charge in [0.1, 0.15) is 5.76 Å². The number of Topliss-reactive ketones (excluding diaryl/α,β-unsaturated/α-hetero) is 1. The van der Waals surface area contributed by atoms with Crippen LogP contribution in [0.4, 0.5) is 0 Å². The van der Waals surface area contributed by atoms with Crippen molar-refractivity contribution < 1.29 is 19.4 Å². The minimum Gasteiger partial charge on any atom is -0.487 e. The zero-order chi connectivity index (χ0) is 10.9. The van der Waals surface area contributed by atoms with Gasteiger partial charge in [0.2, 0.25) is 5.78 Å². The van der Waals surface area contributed by atoms with Crippen molar-refractivity contribution in [2.45, 2.75) is 33.3 Å². The summed E-state index contributed by atoms with van der Waals surface area (Å²) in [4.78, 5) is 22.4. The second-order valence-corrected chi connectivity index (χ2v) is 3.39. The maximum Gasteiger partial charge on any atom is 0.311 e. The Morgan fingerprint density at radius 2 is 2.21 bits per heavy atom. The topological polar surface area (TPSA) is 63.6 Å². The van der Waals surface area contributed by atoms with E-state index in [4.69, 9.17) is 9.84 Å². The molecular formula is C10H14O4. The quantitative estimate of drug-likeness (QED) is 0.743. The lowest BCUT2D eigenvalue weighted by Crippen LogP contribution is -2.23. The molecule has 4 nitrogen and oxygen atoms in total. The second kappa shape index (κ2) is 3.82. The van der Waals surface area contributed by atoms with Gasteiger partial charge in [-0.05, 0) is 20.3 Å². The largest absolute Gasteiger partial charge is 0.487 e. The van der Waals surface area contributed by atoms with E-state index in [0.717, 1.165) is 0 Å². The fourth-order valence-corrected chi connectivity index (χ4v) is 1.69. The second-order valence-electron chi connectivity index (χ2n) is 3.39. The highest BCUT2D eigenvalue weighted by Crippen LogP contribution is 2.29. The van der Waals surface area contributed by atoms with Gasteiger partial charge in [0.15, 0.2) is 6.10 Å². The van der Waals surface area contributed by atoms with Crippen molar-refractivity contribution in [1.29, 1.82) is 0 Å². The molecule has 1 heterocycles. The van der Waals surface area contributed by atoms with E-state index in [0.29, 0.717) is 17.8 Å². The van der Waals surface area contributed by atoms with E-state index < -0.39 is 18.0 Å². The predicted octanol–water partition coefficient (Wildman–Crippen LogP) is 1.36. The average Bonchev–Trinajstić information content (AvgIpc) is 2.32. The normalized spacial score (nSPS) is 23.6. The molecule has 0 saturated heterocycles. The molecule has 0 aliphatic carbocycles. The molecule has 1 aliphatic heterocycles. The molecule has 0 radical (unpaired) electrons. The fraction of sp³-hybridized carbons (Fsp3) is 0.600. The van der Waals surface area contributed by atoms with Crippen LogP contribution in [0, 0.1) is 5.92 Å². The minimum atomic E-state index is -0.965. The summed E-state index contributed by atoms with van der Waals surface area (Å²) in [6.07, 6.45) is -0.123. The first-order valence-corrected chi connectivity index (χ1v) is 4.63. The van der Waals surface area contributed by atoms with E-state index in [1.807, 2.05) is 0 Å². The summed E-state index contributed by atoms with van der Waals surface area (Å²) in [6, 6.07) is 0. The number of carbonyl (C=O) groups excluding carboxylic acids is 1. The van der Waals surface area contributed by atoms with Gasteiger partial charge in [0.25, 0.3) is 0 Å². The smallest absolute Gasteiger partial charge is 0.311 e. The van der Waals surface area contributed by atoms with Crippen LogP contribution in [0.25, 0.3) is 0 Å². The van der Waals surface area contributed by atoms with Gasteiger partial charge >= 0.3 is 5.97 Å². The van der Waals surface area contributed by atoms with Gasteiger partial charge in [-0.1, -0.05) is 6.92 Å². The van der Waals surface area contributed by atoms with Crippen LogP contribution in [-0.2, 0) is 14.3 Å². The third-order valence-corrected chi connectivity index (χ3v) is 2.42. The molecule has 1 rings (SSSR count). The maximum absolute atomic E-state index is 11.6. The number of hydrogen-bond donors (Lipinski definition) is 1. The number of rotatable bonds is 3. The molecule has 2 atom stereocenters. The summed E-state index contributed by atoms with van der Waals surface area (Å²) in [5.74, 6) is -1.44. The number of allylic oxidation sites excluding steroid dienone is 1. The fourth-order valence-electron chi connectivity index (χ4n) is 1.69. The van der Waals surface area contributed by atoms with Crippen molar-refractivity contribution in [2.24, 2.45) is 5.92 Å². The van der Waals surface area contributed by atoms with Crippen molar-refractivity contribution in [2.75, 3.05) is 0 Å². The van der Waals surface area contributed by atoms with E-state index in [9.17, 15) is 9.59 Å². The first-order valence-electron chi connectivity index (χ1n) is 4.63. The van der Waals surface area contributed by atoms with Crippen LogP contribution < -0.4 is 0 Å². The van der Waals surface area contributed by atoms with Crippen LogP contribution in [0.5, 0.6) is 0 Å². The number of aliphatic carboxylic acids is 1. The predicted molar refractivity (Wildman–Crippen MR) is 49.7 cm³/mol. The molecule has 4 heteroatoms. The molecule has 1 N–H and O–H groups in total. The summed E-state index contributed by atoms with van der Waals surface area (Å²) >= 11 is 0. The molecule has 0 fully saturated rings. The number of hydrogen-bond acceptors (Lipinski definition) is 3. The zero-order valence-corrected chi connectivity index (χ0v) is 8.53. The third-order valence-electron chi connectivity index (χ3n) is 2.42. The number of ether oxygens (including phenoxy) is 1. The lowest BCUT2D eigenvalue weighted by Gasteiger charge is -2.09. The third kappa shape index (κ3) is 1.64. The highest BCUT2D eigenvalue weighted by molar-refractivity contribution is 6.04. The molecule has 2 unspecified atom stereocenters. The Morgan fingerprint density at radius 1 is 1.64 bits per heavy atom. The van der Waals surface area contributed by atoms with Crippen LogP contribution in [0.1, 0.15) is 27.2 Å². The Balaban J connectivity index is 3.01. The SMILES string of the molecule is CCC(C(=O)O)C1=C(C)OC(C)C1=O. The standard InChI is InChI=1S/C10H14O4/c1-4-7(10(12)13)8-5(2)14-6(3)9(8)11/h6-7H,4H2,1-3H3,(H,12,13). The van der Waals surface area contributed by atoms with Crippen molar-refractivity contribution in [3.05, 3.63) is 11.3 Å². The van der Waals surface area contributed by atoms with Gasteiger partial charge in [0.05, 0.1) is 11.5 Å². The van der Waals surface area contributed by atoms with Crippen LogP contribution >= 0.6 is 0 Å². The zero-order valence-electron chi connectivity index (χ0n) is 8.53. The van der Waals surface area contributed by atoms with Crippen LogP contribution in [0.3, 0.4) is 0 Å². The average molecular weight is 198 g/mol. The highest BCUT2D eigenvalue weighted by Gasteiger charge is 2.36. The molecule has 1 aliphatic rings. The Labute approximate surface area is 82.6 Å². The van der Waals surface area contributed by atoms with E-state index in [1.54, 1.807) is 20.8 Å². The van der Waals surface area contributed by atoms with Gasteiger partial charge in [-0.2, -0.15) is 0 Å². The van der Waals surface area contributed by atoms with Crippen molar-refractivity contribution in [3.63, 3.8) is 0 Å². The van der Waals surface area contributed by atoms with E-state index in [-0.39, 0.29) is 5.78 Å². The summed E-state index contributed by atoms with van der Waals surface area (Å²) in [5, 5.41) is 8.91. The monoisotopic (exact) mass is 198 g/mol. The highest BCUT2D eigenvalue weighted by atomic mass is 16.5. The summed E-state index contributed by atoms with van der Waals surface area (Å²) < 4.78 is 5.19. The van der Waals surface area contributed by atoms with Crippen LogP contribution in [-0.4, -0.2) is 23.0 Å². The van der Waals surface area contributed by atoms with Crippen LogP contribution in [0.2, 0.25) is 0 Å². The molecule has 0 spiro atoms. The van der Waals surface area contributed by atoms with Crippen molar-refractivity contribution >= 4 is 11.8 Å². The molecule has 0 aromatic heterocycles. The van der Waals surface area contributed by atoms with Crippen molar-refractivity contribution in [3.8, 4) is 0 Å². The summed E-state index contributed by atoms with van der Waals surface area (Å²) in [5.41, 5.74) is 0.326. The molecular weight excluding hydrogens is 184 g/mol. The summed E-state index contributed by atoms with van der Waals surface area (Å²) in [6.45, 7) is 5.02. The molecule has 0 aromatic rings. The van der Waals surface area contributed by atoms with Gasteiger partial charge in [0, 0.05) is 0 Å². The first-order chi connectivity index (χ1) is 6.49. The molecule has 0 amide bonds. The van der Waals surface area contributed by atoms with E-state index in [1.165, 1.54) is 0 Å². The first kappa shape index (κ1) is 10.8. The number of carboxylic acid groups (broad SMARTS) is 1. The number of carbonyl (C=O) groups is 2. The Morgan fingerprint density at radius 3 is 2.50 bits per heavy atom. The van der Waals surface area contributed by atoms with Crippen molar-refractivity contribution in [1.82, 2.24) is 0 Å². The van der Waals surface area contributed by atoms with Gasteiger partial charge in [-0.15, -0.1) is 0 Å². The lowest BCUT2D eigenvalue weighted by molar-refractivity contribution is -0.141. The molecule has 0 bridgehead atoms. The minimum absolute atomic E-state index is 0.197. The van der Waals surface area contributed by atoms with Gasteiger partial charge < -0.3 is 9.84 Å². The molecule has 0 aromatic carbocycles. The van der Waals surface area contributed by atoms with Crippen LogP contribution in [0.15, 0.2) is 11.3 Å². The van der Waals surface area contributed by atoms with E-state index in [2.05, 4.69) is 0 Å². The lowest BCUT2D eigenvalue weighted by atomic mass is 9.92. The Kier molecular flexibility index (Phi) is 2.93. The number of ketones is 1.